The molecule has 106 valence electrons. The molecule has 1 fully saturated rings. The molecule has 2 unspecified atom stereocenters. The molecule has 0 spiro atoms. The summed E-state index contributed by atoms with van der Waals surface area (Å²) in [5, 5.41) is 10.1. The Labute approximate surface area is 116 Å². The van der Waals surface area contributed by atoms with Gasteiger partial charge in [0.2, 0.25) is 0 Å². The van der Waals surface area contributed by atoms with Crippen LogP contribution in [0, 0.1) is 11.8 Å². The van der Waals surface area contributed by atoms with Crippen LogP contribution in [0.2, 0.25) is 0 Å². The molecule has 0 bridgehead atoms. The van der Waals surface area contributed by atoms with E-state index in [2.05, 4.69) is 24.8 Å². The van der Waals surface area contributed by atoms with E-state index in [9.17, 15) is 5.11 Å². The average molecular weight is 263 g/mol. The zero-order chi connectivity index (χ0) is 14.0. The van der Waals surface area contributed by atoms with E-state index in [0.717, 1.165) is 36.0 Å². The lowest BCUT2D eigenvalue weighted by Crippen LogP contribution is -2.39. The first-order chi connectivity index (χ1) is 9.04. The number of methoxy groups -OCH3 is 1. The highest BCUT2D eigenvalue weighted by Gasteiger charge is 2.26. The van der Waals surface area contributed by atoms with E-state index >= 15 is 0 Å². The highest BCUT2D eigenvalue weighted by Crippen LogP contribution is 2.37. The molecule has 1 aromatic rings. The van der Waals surface area contributed by atoms with Gasteiger partial charge in [0.25, 0.3) is 0 Å². The second-order valence-electron chi connectivity index (χ2n) is 5.76. The van der Waals surface area contributed by atoms with Crippen LogP contribution < -0.4 is 9.64 Å². The molecular formula is C16H25NO2. The molecule has 1 N–H and O–H groups in total. The first kappa shape index (κ1) is 14.2. The summed E-state index contributed by atoms with van der Waals surface area (Å²) in [6, 6.07) is 6.01. The fourth-order valence-electron chi connectivity index (χ4n) is 2.89. The zero-order valence-corrected chi connectivity index (χ0v) is 12.4. The second-order valence-corrected chi connectivity index (χ2v) is 5.76. The Morgan fingerprint density at radius 2 is 2.05 bits per heavy atom. The van der Waals surface area contributed by atoms with Gasteiger partial charge in [0.05, 0.1) is 13.2 Å². The standard InChI is InChI=1S/C16H25NO2/c1-11-8-9-17(10-12(11)2)14-6-5-7-15(19-4)16(14)13(3)18/h5-7,11-13,18H,8-10H2,1-4H3/t11?,12?,13-/m0/s1. The molecule has 0 aliphatic carbocycles. The molecule has 2 rings (SSSR count). The summed E-state index contributed by atoms with van der Waals surface area (Å²) < 4.78 is 5.40. The highest BCUT2D eigenvalue weighted by atomic mass is 16.5. The third kappa shape index (κ3) is 2.86. The summed E-state index contributed by atoms with van der Waals surface area (Å²) in [4.78, 5) is 2.38. The van der Waals surface area contributed by atoms with Crippen molar-refractivity contribution in [2.45, 2.75) is 33.3 Å². The largest absolute Gasteiger partial charge is 0.496 e. The van der Waals surface area contributed by atoms with Gasteiger partial charge in [-0.05, 0) is 37.3 Å². The van der Waals surface area contributed by atoms with Gasteiger partial charge in [-0.2, -0.15) is 0 Å². The van der Waals surface area contributed by atoms with Crippen LogP contribution in [-0.2, 0) is 0 Å². The molecule has 0 aromatic heterocycles. The lowest BCUT2D eigenvalue weighted by atomic mass is 9.88. The molecule has 1 aromatic carbocycles. The van der Waals surface area contributed by atoms with E-state index in [1.54, 1.807) is 14.0 Å². The number of rotatable bonds is 3. The molecule has 0 amide bonds. The monoisotopic (exact) mass is 263 g/mol. The van der Waals surface area contributed by atoms with Crippen LogP contribution in [0.3, 0.4) is 0 Å². The highest BCUT2D eigenvalue weighted by molar-refractivity contribution is 5.60. The number of piperidine rings is 1. The fraction of sp³-hybridized carbons (Fsp3) is 0.625. The third-order valence-electron chi connectivity index (χ3n) is 4.36. The summed E-state index contributed by atoms with van der Waals surface area (Å²) in [5.41, 5.74) is 2.03. The number of benzene rings is 1. The smallest absolute Gasteiger partial charge is 0.126 e. The van der Waals surface area contributed by atoms with E-state index in [1.807, 2.05) is 12.1 Å². The molecule has 3 heteroatoms. The predicted octanol–water partition coefficient (Wildman–Crippen LogP) is 3.23. The fourth-order valence-corrected chi connectivity index (χ4v) is 2.89. The van der Waals surface area contributed by atoms with E-state index < -0.39 is 6.10 Å². The predicted molar refractivity (Wildman–Crippen MR) is 78.8 cm³/mol. The van der Waals surface area contributed by atoms with Gasteiger partial charge in [-0.1, -0.05) is 19.9 Å². The topological polar surface area (TPSA) is 32.7 Å². The Balaban J connectivity index is 2.34. The number of anilines is 1. The summed E-state index contributed by atoms with van der Waals surface area (Å²) in [6.07, 6.45) is 0.693. The Kier molecular flexibility index (Phi) is 4.35. The molecule has 3 nitrogen and oxygen atoms in total. The number of aliphatic hydroxyl groups excluding tert-OH is 1. The molecule has 1 aliphatic rings. The summed E-state index contributed by atoms with van der Waals surface area (Å²) in [6.45, 7) is 8.53. The maximum atomic E-state index is 10.1. The van der Waals surface area contributed by atoms with Crippen LogP contribution in [-0.4, -0.2) is 25.3 Å². The maximum Gasteiger partial charge on any atom is 0.126 e. The molecule has 3 atom stereocenters. The number of hydrogen-bond donors (Lipinski definition) is 1. The van der Waals surface area contributed by atoms with Gasteiger partial charge in [0, 0.05) is 24.3 Å². The van der Waals surface area contributed by atoms with Crippen molar-refractivity contribution in [1.82, 2.24) is 0 Å². The zero-order valence-electron chi connectivity index (χ0n) is 12.4. The van der Waals surface area contributed by atoms with Crippen molar-refractivity contribution >= 4 is 5.69 Å². The summed E-state index contributed by atoms with van der Waals surface area (Å²) in [7, 11) is 1.66. The number of nitrogens with zero attached hydrogens (tertiary/aromatic N) is 1. The minimum absolute atomic E-state index is 0.513. The van der Waals surface area contributed by atoms with Crippen molar-refractivity contribution in [3.8, 4) is 5.75 Å². The van der Waals surface area contributed by atoms with Crippen molar-refractivity contribution in [3.63, 3.8) is 0 Å². The summed E-state index contributed by atoms with van der Waals surface area (Å²) >= 11 is 0. The van der Waals surface area contributed by atoms with Crippen LogP contribution in [0.1, 0.15) is 38.9 Å². The Morgan fingerprint density at radius 1 is 1.32 bits per heavy atom. The first-order valence-electron chi connectivity index (χ1n) is 7.14. The third-order valence-corrected chi connectivity index (χ3v) is 4.36. The molecule has 1 aliphatic heterocycles. The molecule has 0 radical (unpaired) electrons. The van der Waals surface area contributed by atoms with E-state index in [1.165, 1.54) is 6.42 Å². The van der Waals surface area contributed by atoms with Gasteiger partial charge in [-0.25, -0.2) is 0 Å². The van der Waals surface area contributed by atoms with Gasteiger partial charge >= 0.3 is 0 Å². The minimum atomic E-state index is -0.513. The molecular weight excluding hydrogens is 238 g/mol. The first-order valence-corrected chi connectivity index (χ1v) is 7.14. The van der Waals surface area contributed by atoms with E-state index in [0.29, 0.717) is 5.92 Å². The van der Waals surface area contributed by atoms with Gasteiger partial charge in [0.1, 0.15) is 5.75 Å². The van der Waals surface area contributed by atoms with Crippen LogP contribution in [0.25, 0.3) is 0 Å². The van der Waals surface area contributed by atoms with Crippen LogP contribution in [0.5, 0.6) is 5.75 Å². The second kappa shape index (κ2) is 5.83. The Hall–Kier alpha value is -1.22. The lowest BCUT2D eigenvalue weighted by molar-refractivity contribution is 0.194. The number of ether oxygens (including phenoxy) is 1. The number of aliphatic hydroxyl groups is 1. The van der Waals surface area contributed by atoms with Crippen LogP contribution in [0.15, 0.2) is 18.2 Å². The Bertz CT molecular complexity index is 431. The molecule has 19 heavy (non-hydrogen) atoms. The van der Waals surface area contributed by atoms with Crippen molar-refractivity contribution < 1.29 is 9.84 Å². The van der Waals surface area contributed by atoms with Gasteiger partial charge in [-0.15, -0.1) is 0 Å². The quantitative estimate of drug-likeness (QED) is 0.908. The number of hydrogen-bond acceptors (Lipinski definition) is 3. The van der Waals surface area contributed by atoms with E-state index in [-0.39, 0.29) is 0 Å². The average Bonchev–Trinajstić information content (AvgIpc) is 2.40. The molecule has 0 saturated carbocycles. The van der Waals surface area contributed by atoms with Gasteiger partial charge < -0.3 is 14.7 Å². The minimum Gasteiger partial charge on any atom is -0.496 e. The van der Waals surface area contributed by atoms with E-state index in [4.69, 9.17) is 4.74 Å². The SMILES string of the molecule is COc1cccc(N2CCC(C)C(C)C2)c1[C@H](C)O. The molecule has 1 saturated heterocycles. The summed E-state index contributed by atoms with van der Waals surface area (Å²) in [5.74, 6) is 2.23. The van der Waals surface area contributed by atoms with Crippen molar-refractivity contribution in [2.24, 2.45) is 11.8 Å². The van der Waals surface area contributed by atoms with Crippen molar-refractivity contribution in [2.75, 3.05) is 25.1 Å². The van der Waals surface area contributed by atoms with Crippen LogP contribution in [0.4, 0.5) is 5.69 Å². The molecule has 1 heterocycles. The van der Waals surface area contributed by atoms with Gasteiger partial charge in [0.15, 0.2) is 0 Å². The normalized spacial score (nSPS) is 25.2. The maximum absolute atomic E-state index is 10.1. The van der Waals surface area contributed by atoms with Crippen LogP contribution >= 0.6 is 0 Å². The van der Waals surface area contributed by atoms with Crippen molar-refractivity contribution in [1.29, 1.82) is 0 Å². The van der Waals surface area contributed by atoms with Gasteiger partial charge in [-0.3, -0.25) is 0 Å². The van der Waals surface area contributed by atoms with Crippen molar-refractivity contribution in [3.05, 3.63) is 23.8 Å². The Morgan fingerprint density at radius 3 is 2.63 bits per heavy atom. The lowest BCUT2D eigenvalue weighted by Gasteiger charge is -2.38.